The monoisotopic (exact) mass is 270 g/mol. The second kappa shape index (κ2) is 6.00. The maximum absolute atomic E-state index is 10.3. The first-order valence-corrected chi connectivity index (χ1v) is 7.28. The van der Waals surface area contributed by atoms with Gasteiger partial charge < -0.3 is 10.2 Å². The van der Waals surface area contributed by atoms with E-state index >= 15 is 0 Å². The number of phenolic OH excluding ortho intramolecular Hbond substituents is 2. The van der Waals surface area contributed by atoms with Gasteiger partial charge in [-0.05, 0) is 41.5 Å². The first-order chi connectivity index (χ1) is 9.62. The van der Waals surface area contributed by atoms with Crippen LogP contribution in [-0.4, -0.2) is 10.2 Å². The average Bonchev–Trinajstić information content (AvgIpc) is 2.49. The molecule has 0 aliphatic heterocycles. The van der Waals surface area contributed by atoms with Gasteiger partial charge in [-0.15, -0.1) is 0 Å². The molecule has 0 saturated carbocycles. The molecule has 0 fully saturated rings. The van der Waals surface area contributed by atoms with Gasteiger partial charge in [-0.1, -0.05) is 51.1 Å². The SMILES string of the molecule is CCc1ccc(-c2ccc(CC)c(O)c2O)c(CC)c1. The van der Waals surface area contributed by atoms with Crippen molar-refractivity contribution in [3.05, 3.63) is 47.0 Å². The molecular weight excluding hydrogens is 248 g/mol. The standard InChI is InChI=1S/C18H22O2/c1-4-12-7-9-15(14(6-3)11-12)16-10-8-13(5-2)17(19)18(16)20/h7-11,19-20H,4-6H2,1-3H3. The van der Waals surface area contributed by atoms with Crippen LogP contribution in [0.15, 0.2) is 30.3 Å². The summed E-state index contributed by atoms with van der Waals surface area (Å²) in [5, 5.41) is 20.3. The highest BCUT2D eigenvalue weighted by Crippen LogP contribution is 2.40. The molecule has 106 valence electrons. The van der Waals surface area contributed by atoms with Crippen molar-refractivity contribution in [1.29, 1.82) is 0 Å². The quantitative estimate of drug-likeness (QED) is 0.806. The minimum atomic E-state index is -0.0108. The molecule has 0 aromatic heterocycles. The number of hydrogen-bond acceptors (Lipinski definition) is 2. The van der Waals surface area contributed by atoms with Crippen molar-refractivity contribution in [3.63, 3.8) is 0 Å². The fraction of sp³-hybridized carbons (Fsp3) is 0.333. The summed E-state index contributed by atoms with van der Waals surface area (Å²) in [5.74, 6) is -0.00470. The summed E-state index contributed by atoms with van der Waals surface area (Å²) in [6.45, 7) is 6.20. The van der Waals surface area contributed by atoms with Crippen LogP contribution < -0.4 is 0 Å². The van der Waals surface area contributed by atoms with Crippen LogP contribution in [0.4, 0.5) is 0 Å². The van der Waals surface area contributed by atoms with Crippen molar-refractivity contribution >= 4 is 0 Å². The minimum absolute atomic E-state index is 0.00613. The van der Waals surface area contributed by atoms with Gasteiger partial charge >= 0.3 is 0 Å². The van der Waals surface area contributed by atoms with Gasteiger partial charge in [0.15, 0.2) is 11.5 Å². The Bertz CT molecular complexity index is 615. The third kappa shape index (κ3) is 2.51. The molecule has 2 rings (SSSR count). The normalized spacial score (nSPS) is 10.8. The van der Waals surface area contributed by atoms with E-state index in [2.05, 4.69) is 26.0 Å². The molecule has 2 aromatic carbocycles. The lowest BCUT2D eigenvalue weighted by Crippen LogP contribution is -1.92. The third-order valence-corrected chi connectivity index (χ3v) is 3.86. The van der Waals surface area contributed by atoms with Crippen LogP contribution in [0.2, 0.25) is 0 Å². The number of benzene rings is 2. The van der Waals surface area contributed by atoms with Crippen molar-refractivity contribution < 1.29 is 10.2 Å². The Kier molecular flexibility index (Phi) is 4.33. The summed E-state index contributed by atoms with van der Waals surface area (Å²) in [4.78, 5) is 0. The molecule has 0 atom stereocenters. The zero-order chi connectivity index (χ0) is 14.7. The van der Waals surface area contributed by atoms with Crippen LogP contribution >= 0.6 is 0 Å². The van der Waals surface area contributed by atoms with E-state index in [4.69, 9.17) is 0 Å². The Morgan fingerprint density at radius 2 is 1.35 bits per heavy atom. The van der Waals surface area contributed by atoms with E-state index in [0.29, 0.717) is 12.0 Å². The van der Waals surface area contributed by atoms with Crippen molar-refractivity contribution in [2.75, 3.05) is 0 Å². The van der Waals surface area contributed by atoms with Crippen molar-refractivity contribution in [2.45, 2.75) is 40.0 Å². The number of aromatic hydroxyl groups is 2. The Morgan fingerprint density at radius 1 is 0.700 bits per heavy atom. The summed E-state index contributed by atoms with van der Waals surface area (Å²) in [7, 11) is 0. The van der Waals surface area contributed by atoms with E-state index in [9.17, 15) is 10.2 Å². The Balaban J connectivity index is 2.59. The Morgan fingerprint density at radius 3 is 1.95 bits per heavy atom. The molecule has 0 radical (unpaired) electrons. The van der Waals surface area contributed by atoms with E-state index in [1.165, 1.54) is 11.1 Å². The fourth-order valence-corrected chi connectivity index (χ4v) is 2.55. The molecule has 2 aromatic rings. The molecule has 2 heteroatoms. The van der Waals surface area contributed by atoms with E-state index in [1.54, 1.807) is 0 Å². The van der Waals surface area contributed by atoms with Crippen molar-refractivity contribution in [2.24, 2.45) is 0 Å². The first-order valence-electron chi connectivity index (χ1n) is 7.28. The molecule has 0 bridgehead atoms. The highest BCUT2D eigenvalue weighted by molar-refractivity contribution is 5.77. The van der Waals surface area contributed by atoms with Gasteiger partial charge in [0.2, 0.25) is 0 Å². The molecule has 0 aliphatic rings. The van der Waals surface area contributed by atoms with E-state index in [1.807, 2.05) is 25.1 Å². The van der Waals surface area contributed by atoms with Gasteiger partial charge in [-0.3, -0.25) is 0 Å². The summed E-state index contributed by atoms with van der Waals surface area (Å²) < 4.78 is 0. The predicted octanol–water partition coefficient (Wildman–Crippen LogP) is 4.45. The van der Waals surface area contributed by atoms with Crippen LogP contribution in [0.25, 0.3) is 11.1 Å². The van der Waals surface area contributed by atoms with Gasteiger partial charge in [0.1, 0.15) is 0 Å². The van der Waals surface area contributed by atoms with Gasteiger partial charge in [-0.25, -0.2) is 0 Å². The largest absolute Gasteiger partial charge is 0.504 e. The third-order valence-electron chi connectivity index (χ3n) is 3.86. The fourth-order valence-electron chi connectivity index (χ4n) is 2.55. The molecule has 2 N–H and O–H groups in total. The van der Waals surface area contributed by atoms with E-state index < -0.39 is 0 Å². The number of hydrogen-bond donors (Lipinski definition) is 2. The molecule has 0 heterocycles. The number of aryl methyl sites for hydroxylation is 3. The number of rotatable bonds is 4. The zero-order valence-corrected chi connectivity index (χ0v) is 12.4. The highest BCUT2D eigenvalue weighted by atomic mass is 16.3. The lowest BCUT2D eigenvalue weighted by atomic mass is 9.93. The second-order valence-corrected chi connectivity index (χ2v) is 5.02. The van der Waals surface area contributed by atoms with E-state index in [-0.39, 0.29) is 11.5 Å². The smallest absolute Gasteiger partial charge is 0.165 e. The Hall–Kier alpha value is -1.96. The van der Waals surface area contributed by atoms with Crippen LogP contribution in [0.5, 0.6) is 11.5 Å². The average molecular weight is 270 g/mol. The summed E-state index contributed by atoms with van der Waals surface area (Å²) in [5.41, 5.74) is 4.97. The Labute approximate surface area is 120 Å². The van der Waals surface area contributed by atoms with Crippen molar-refractivity contribution in [1.82, 2.24) is 0 Å². The van der Waals surface area contributed by atoms with Crippen LogP contribution in [0.1, 0.15) is 37.5 Å². The van der Waals surface area contributed by atoms with Gasteiger partial charge in [0.05, 0.1) is 0 Å². The van der Waals surface area contributed by atoms with Crippen LogP contribution in [0.3, 0.4) is 0 Å². The second-order valence-electron chi connectivity index (χ2n) is 5.02. The lowest BCUT2D eigenvalue weighted by Gasteiger charge is -2.14. The topological polar surface area (TPSA) is 40.5 Å². The molecule has 0 aliphatic carbocycles. The van der Waals surface area contributed by atoms with Gasteiger partial charge in [0, 0.05) is 5.56 Å². The molecule has 0 spiro atoms. The number of phenols is 2. The summed E-state index contributed by atoms with van der Waals surface area (Å²) in [6, 6.07) is 10.1. The highest BCUT2D eigenvalue weighted by Gasteiger charge is 2.14. The first kappa shape index (κ1) is 14.4. The van der Waals surface area contributed by atoms with Gasteiger partial charge in [-0.2, -0.15) is 0 Å². The maximum Gasteiger partial charge on any atom is 0.165 e. The van der Waals surface area contributed by atoms with Crippen LogP contribution in [0, 0.1) is 0 Å². The minimum Gasteiger partial charge on any atom is -0.504 e. The molecule has 20 heavy (non-hydrogen) atoms. The molecule has 0 unspecified atom stereocenters. The molecular formula is C18H22O2. The summed E-state index contributed by atoms with van der Waals surface area (Å²) >= 11 is 0. The lowest BCUT2D eigenvalue weighted by molar-refractivity contribution is 0.401. The van der Waals surface area contributed by atoms with Gasteiger partial charge in [0.25, 0.3) is 0 Å². The summed E-state index contributed by atoms with van der Waals surface area (Å²) in [6.07, 6.45) is 2.60. The molecule has 2 nitrogen and oxygen atoms in total. The molecule has 0 saturated heterocycles. The molecule has 0 amide bonds. The maximum atomic E-state index is 10.3. The van der Waals surface area contributed by atoms with E-state index in [0.717, 1.165) is 24.0 Å². The van der Waals surface area contributed by atoms with Crippen LogP contribution in [-0.2, 0) is 19.3 Å². The van der Waals surface area contributed by atoms with Crippen molar-refractivity contribution in [3.8, 4) is 22.6 Å². The zero-order valence-electron chi connectivity index (χ0n) is 12.4. The predicted molar refractivity (Wildman–Crippen MR) is 83.3 cm³/mol.